The molecule has 37 heavy (non-hydrogen) atoms. The van der Waals surface area contributed by atoms with E-state index >= 15 is 4.39 Å². The molecule has 1 saturated heterocycles. The number of fused-ring (bicyclic) bond motifs is 1. The number of hydrogen-bond acceptors (Lipinski definition) is 7. The standard InChI is InChI=1S/C24H23F2N5O4S2/c1-24(2,33)23-29-18(12-36-23)13-9-14-15(11-28-22(14)27-10-13)21(32)19-16(25)5-6-17(20(19)26)30-37(34,35)31-7-3-4-8-31/h5-6,9-12,30,33H,3-4,7-8H2,1-2H3,(H,27,28). The second kappa shape index (κ2) is 9.24. The number of aromatic nitrogens is 3. The summed E-state index contributed by atoms with van der Waals surface area (Å²) < 4.78 is 58.6. The van der Waals surface area contributed by atoms with E-state index in [1.54, 1.807) is 25.3 Å². The molecule has 0 saturated carbocycles. The quantitative estimate of drug-likeness (QED) is 0.298. The molecule has 9 nitrogen and oxygen atoms in total. The number of pyridine rings is 1. The first-order chi connectivity index (χ1) is 17.5. The summed E-state index contributed by atoms with van der Waals surface area (Å²) in [5, 5.41) is 12.7. The average molecular weight is 548 g/mol. The van der Waals surface area contributed by atoms with Crippen LogP contribution in [0, 0.1) is 11.6 Å². The molecule has 4 aromatic rings. The Bertz CT molecular complexity index is 1620. The van der Waals surface area contributed by atoms with Crippen molar-refractivity contribution >= 4 is 44.1 Å². The summed E-state index contributed by atoms with van der Waals surface area (Å²) in [4.78, 5) is 24.9. The lowest BCUT2D eigenvalue weighted by molar-refractivity contribution is 0.0783. The van der Waals surface area contributed by atoms with Gasteiger partial charge in [-0.3, -0.25) is 9.52 Å². The van der Waals surface area contributed by atoms with Crippen molar-refractivity contribution in [1.82, 2.24) is 19.3 Å². The number of halogens is 2. The molecule has 0 amide bonds. The molecule has 13 heteroatoms. The molecule has 0 aliphatic carbocycles. The van der Waals surface area contributed by atoms with Gasteiger partial charge in [-0.2, -0.15) is 12.7 Å². The van der Waals surface area contributed by atoms with Crippen LogP contribution in [0.25, 0.3) is 22.3 Å². The van der Waals surface area contributed by atoms with Crippen LogP contribution in [0.1, 0.15) is 47.6 Å². The van der Waals surface area contributed by atoms with Crippen molar-refractivity contribution in [1.29, 1.82) is 0 Å². The lowest BCUT2D eigenvalue weighted by Crippen LogP contribution is -2.33. The Morgan fingerprint density at radius 1 is 1.24 bits per heavy atom. The summed E-state index contributed by atoms with van der Waals surface area (Å²) >= 11 is 1.26. The third-order valence-electron chi connectivity index (χ3n) is 6.06. The highest BCUT2D eigenvalue weighted by Gasteiger charge is 2.29. The predicted octanol–water partition coefficient (Wildman–Crippen LogP) is 4.18. The van der Waals surface area contributed by atoms with Gasteiger partial charge in [-0.1, -0.05) is 0 Å². The summed E-state index contributed by atoms with van der Waals surface area (Å²) in [6.45, 7) is 3.82. The zero-order valence-corrected chi connectivity index (χ0v) is 21.5. The van der Waals surface area contributed by atoms with Gasteiger partial charge in [0.25, 0.3) is 0 Å². The Balaban J connectivity index is 1.52. The molecule has 1 aromatic carbocycles. The summed E-state index contributed by atoms with van der Waals surface area (Å²) in [6, 6.07) is 3.42. The lowest BCUT2D eigenvalue weighted by atomic mass is 10.0. The monoisotopic (exact) mass is 547 g/mol. The van der Waals surface area contributed by atoms with Crippen LogP contribution in [0.5, 0.6) is 0 Å². The minimum atomic E-state index is -4.05. The smallest absolute Gasteiger partial charge is 0.301 e. The average Bonchev–Trinajstić information content (AvgIpc) is 3.60. The largest absolute Gasteiger partial charge is 0.383 e. The molecule has 4 heterocycles. The van der Waals surface area contributed by atoms with E-state index in [2.05, 4.69) is 19.7 Å². The number of nitrogens with zero attached hydrogens (tertiary/aromatic N) is 3. The third kappa shape index (κ3) is 4.75. The van der Waals surface area contributed by atoms with E-state index in [0.29, 0.717) is 53.2 Å². The highest BCUT2D eigenvalue weighted by Crippen LogP contribution is 2.32. The summed E-state index contributed by atoms with van der Waals surface area (Å²) in [5.41, 5.74) is -1.20. The molecule has 194 valence electrons. The zero-order valence-electron chi connectivity index (χ0n) is 19.9. The van der Waals surface area contributed by atoms with Crippen molar-refractivity contribution in [2.75, 3.05) is 17.8 Å². The van der Waals surface area contributed by atoms with Crippen molar-refractivity contribution in [2.45, 2.75) is 32.3 Å². The van der Waals surface area contributed by atoms with Gasteiger partial charge in [0.1, 0.15) is 22.1 Å². The van der Waals surface area contributed by atoms with Crippen molar-refractivity contribution in [2.24, 2.45) is 0 Å². The van der Waals surface area contributed by atoms with Crippen LogP contribution < -0.4 is 4.72 Å². The number of benzene rings is 1. The molecular formula is C24H23F2N5O4S2. The number of hydrogen-bond donors (Lipinski definition) is 3. The molecular weight excluding hydrogens is 524 g/mol. The topological polar surface area (TPSA) is 128 Å². The molecule has 1 fully saturated rings. The molecule has 3 N–H and O–H groups in total. The van der Waals surface area contributed by atoms with Crippen LogP contribution in [0.3, 0.4) is 0 Å². The van der Waals surface area contributed by atoms with Crippen molar-refractivity contribution in [3.8, 4) is 11.3 Å². The molecule has 5 rings (SSSR count). The van der Waals surface area contributed by atoms with E-state index in [-0.39, 0.29) is 5.56 Å². The molecule has 1 aliphatic heterocycles. The molecule has 0 spiro atoms. The van der Waals surface area contributed by atoms with Crippen LogP contribution in [-0.2, 0) is 15.8 Å². The van der Waals surface area contributed by atoms with E-state index in [4.69, 9.17) is 0 Å². The van der Waals surface area contributed by atoms with Crippen molar-refractivity contribution in [3.05, 3.63) is 63.7 Å². The number of rotatable bonds is 7. The van der Waals surface area contributed by atoms with Gasteiger partial charge in [0.2, 0.25) is 5.78 Å². The SMILES string of the molecule is CC(C)(O)c1nc(-c2cnc3[nH]cc(C(=O)c4c(F)ccc(NS(=O)(=O)N5CCCC5)c4F)c3c2)cs1. The van der Waals surface area contributed by atoms with Crippen molar-refractivity contribution < 1.29 is 27.1 Å². The number of aliphatic hydroxyl groups is 1. The number of thiazole rings is 1. The van der Waals surface area contributed by atoms with E-state index in [9.17, 15) is 22.7 Å². The zero-order chi connectivity index (χ0) is 26.5. The summed E-state index contributed by atoms with van der Waals surface area (Å²) in [7, 11) is -4.05. The van der Waals surface area contributed by atoms with E-state index in [1.807, 2.05) is 0 Å². The number of ketones is 1. The van der Waals surface area contributed by atoms with Gasteiger partial charge in [-0.25, -0.2) is 18.7 Å². The molecule has 0 bridgehead atoms. The Morgan fingerprint density at radius 3 is 2.65 bits per heavy atom. The first kappa shape index (κ1) is 25.4. The first-order valence-electron chi connectivity index (χ1n) is 11.4. The number of aromatic amines is 1. The fourth-order valence-electron chi connectivity index (χ4n) is 4.12. The lowest BCUT2D eigenvalue weighted by Gasteiger charge is -2.18. The molecule has 0 unspecified atom stereocenters. The maximum Gasteiger partial charge on any atom is 0.301 e. The van der Waals surface area contributed by atoms with Crippen LogP contribution in [0.4, 0.5) is 14.5 Å². The number of anilines is 1. The number of nitrogens with one attached hydrogen (secondary N) is 2. The predicted molar refractivity (Wildman–Crippen MR) is 136 cm³/mol. The van der Waals surface area contributed by atoms with E-state index < -0.39 is 44.5 Å². The van der Waals surface area contributed by atoms with Crippen molar-refractivity contribution in [3.63, 3.8) is 0 Å². The van der Waals surface area contributed by atoms with Crippen LogP contribution in [0.2, 0.25) is 0 Å². The Kier molecular flexibility index (Phi) is 6.34. The Morgan fingerprint density at radius 2 is 1.97 bits per heavy atom. The number of H-pyrrole nitrogens is 1. The van der Waals surface area contributed by atoms with Gasteiger partial charge in [0.15, 0.2) is 5.82 Å². The highest BCUT2D eigenvalue weighted by molar-refractivity contribution is 7.90. The third-order valence-corrected chi connectivity index (χ3v) is 8.74. The molecule has 0 atom stereocenters. The fourth-order valence-corrected chi connectivity index (χ4v) is 6.28. The normalized spacial score (nSPS) is 14.9. The first-order valence-corrected chi connectivity index (χ1v) is 13.7. The molecule has 1 aliphatic rings. The minimum Gasteiger partial charge on any atom is -0.383 e. The van der Waals surface area contributed by atoms with Crippen LogP contribution in [-0.4, -0.2) is 51.7 Å². The van der Waals surface area contributed by atoms with Gasteiger partial charge < -0.3 is 10.1 Å². The van der Waals surface area contributed by atoms with E-state index in [1.165, 1.54) is 28.0 Å². The molecule has 0 radical (unpaired) electrons. The number of carbonyl (C=O) groups is 1. The maximum absolute atomic E-state index is 15.4. The van der Waals surface area contributed by atoms with Gasteiger partial charge >= 0.3 is 10.2 Å². The van der Waals surface area contributed by atoms with E-state index in [0.717, 1.165) is 12.1 Å². The van der Waals surface area contributed by atoms with Gasteiger partial charge in [0.05, 0.1) is 16.9 Å². The minimum absolute atomic E-state index is 0.0420. The molecule has 3 aromatic heterocycles. The summed E-state index contributed by atoms with van der Waals surface area (Å²) in [5.74, 6) is -3.40. The van der Waals surface area contributed by atoms with Crippen LogP contribution >= 0.6 is 11.3 Å². The Hall–Kier alpha value is -3.26. The van der Waals surface area contributed by atoms with Crippen LogP contribution in [0.15, 0.2) is 36.0 Å². The van der Waals surface area contributed by atoms with Gasteiger partial charge in [-0.15, -0.1) is 11.3 Å². The summed E-state index contributed by atoms with van der Waals surface area (Å²) in [6.07, 6.45) is 4.21. The van der Waals surface area contributed by atoms with Gasteiger partial charge in [-0.05, 0) is 44.9 Å². The van der Waals surface area contributed by atoms with Gasteiger partial charge in [0, 0.05) is 47.4 Å². The maximum atomic E-state index is 15.4. The second-order valence-corrected chi connectivity index (χ2v) is 11.8. The fraction of sp³-hybridized carbons (Fsp3) is 0.292. The number of carbonyl (C=O) groups excluding carboxylic acids is 1. The second-order valence-electron chi connectivity index (χ2n) is 9.25. The Labute approximate surface area is 215 Å². The highest BCUT2D eigenvalue weighted by atomic mass is 32.2.